The predicted octanol–water partition coefficient (Wildman–Crippen LogP) is 3.58. The highest BCUT2D eigenvalue weighted by molar-refractivity contribution is 9.10. The first kappa shape index (κ1) is 13.6. The summed E-state index contributed by atoms with van der Waals surface area (Å²) in [4.78, 5) is 11.2. The Kier molecular flexibility index (Phi) is 4.21. The Morgan fingerprint density at radius 2 is 2.21 bits per heavy atom. The predicted molar refractivity (Wildman–Crippen MR) is 71.5 cm³/mol. The van der Waals surface area contributed by atoms with Crippen molar-refractivity contribution in [2.24, 2.45) is 0 Å². The van der Waals surface area contributed by atoms with E-state index < -0.39 is 5.97 Å². The molecule has 0 radical (unpaired) electrons. The number of hydrogen-bond donors (Lipinski definition) is 1. The summed E-state index contributed by atoms with van der Waals surface area (Å²) in [6.45, 7) is 0.273. The second-order valence-electron chi connectivity index (χ2n) is 3.74. The molecule has 19 heavy (non-hydrogen) atoms. The molecule has 0 spiro atoms. The van der Waals surface area contributed by atoms with Gasteiger partial charge in [-0.2, -0.15) is 0 Å². The van der Waals surface area contributed by atoms with Crippen LogP contribution in [-0.2, 0) is 11.3 Å². The van der Waals surface area contributed by atoms with Crippen molar-refractivity contribution in [3.63, 3.8) is 0 Å². The summed E-state index contributed by atoms with van der Waals surface area (Å²) >= 11 is 3.18. The smallest absolute Gasteiger partial charge is 0.373 e. The molecule has 100 valence electrons. The molecule has 4 nitrogen and oxygen atoms in total. The molecular weight excluding hydrogens is 317 g/mol. The number of benzene rings is 1. The van der Waals surface area contributed by atoms with E-state index in [0.29, 0.717) is 15.9 Å². The van der Waals surface area contributed by atoms with Gasteiger partial charge in [0.1, 0.15) is 11.6 Å². The van der Waals surface area contributed by atoms with Crippen LogP contribution >= 0.6 is 15.9 Å². The maximum Gasteiger partial charge on any atom is 0.373 e. The molecule has 1 heterocycles. The van der Waals surface area contributed by atoms with Gasteiger partial charge in [-0.15, -0.1) is 0 Å². The van der Waals surface area contributed by atoms with E-state index in [0.717, 1.165) is 0 Å². The lowest BCUT2D eigenvalue weighted by molar-refractivity contribution is 0.0563. The Morgan fingerprint density at radius 1 is 1.42 bits per heavy atom. The zero-order valence-corrected chi connectivity index (χ0v) is 11.7. The SMILES string of the molecule is COC(=O)c1ccc(CNc2ccc(Br)cc2F)o1. The van der Waals surface area contributed by atoms with Crippen molar-refractivity contribution in [3.05, 3.63) is 52.1 Å². The molecule has 1 N–H and O–H groups in total. The second-order valence-corrected chi connectivity index (χ2v) is 4.65. The van der Waals surface area contributed by atoms with Crippen molar-refractivity contribution in [1.29, 1.82) is 0 Å². The van der Waals surface area contributed by atoms with Gasteiger partial charge in [0.15, 0.2) is 0 Å². The highest BCUT2D eigenvalue weighted by Gasteiger charge is 2.11. The van der Waals surface area contributed by atoms with Crippen molar-refractivity contribution in [3.8, 4) is 0 Å². The molecule has 2 rings (SSSR count). The van der Waals surface area contributed by atoms with Gasteiger partial charge in [-0.1, -0.05) is 15.9 Å². The van der Waals surface area contributed by atoms with Crippen LogP contribution in [0.5, 0.6) is 0 Å². The summed E-state index contributed by atoms with van der Waals surface area (Å²) in [5.74, 6) is -0.270. The van der Waals surface area contributed by atoms with Crippen molar-refractivity contribution >= 4 is 27.6 Å². The normalized spacial score (nSPS) is 10.3. The van der Waals surface area contributed by atoms with E-state index in [-0.39, 0.29) is 18.1 Å². The van der Waals surface area contributed by atoms with Crippen LogP contribution in [0.15, 0.2) is 39.2 Å². The minimum atomic E-state index is -0.541. The van der Waals surface area contributed by atoms with E-state index in [1.54, 1.807) is 18.2 Å². The maximum atomic E-state index is 13.5. The minimum Gasteiger partial charge on any atom is -0.463 e. The monoisotopic (exact) mass is 327 g/mol. The van der Waals surface area contributed by atoms with Crippen molar-refractivity contribution in [2.75, 3.05) is 12.4 Å². The zero-order valence-electron chi connectivity index (χ0n) is 10.1. The number of ether oxygens (including phenoxy) is 1. The van der Waals surface area contributed by atoms with Gasteiger partial charge in [-0.3, -0.25) is 0 Å². The summed E-state index contributed by atoms with van der Waals surface area (Å²) in [5, 5.41) is 2.89. The van der Waals surface area contributed by atoms with Crippen LogP contribution in [0.3, 0.4) is 0 Å². The maximum absolute atomic E-state index is 13.5. The van der Waals surface area contributed by atoms with Crippen LogP contribution in [0.25, 0.3) is 0 Å². The zero-order chi connectivity index (χ0) is 13.8. The standard InChI is InChI=1S/C13H11BrFNO3/c1-18-13(17)12-5-3-9(19-12)7-16-11-4-2-8(14)6-10(11)15/h2-6,16H,7H2,1H3. The van der Waals surface area contributed by atoms with E-state index in [1.165, 1.54) is 19.2 Å². The molecule has 0 bridgehead atoms. The summed E-state index contributed by atoms with van der Waals surface area (Å²) in [7, 11) is 1.28. The van der Waals surface area contributed by atoms with Gasteiger partial charge in [0, 0.05) is 4.47 Å². The fraction of sp³-hybridized carbons (Fsp3) is 0.154. The molecule has 0 unspecified atom stereocenters. The Hall–Kier alpha value is -1.82. The summed E-state index contributed by atoms with van der Waals surface area (Å²) in [6, 6.07) is 7.86. The highest BCUT2D eigenvalue weighted by atomic mass is 79.9. The third-order valence-electron chi connectivity index (χ3n) is 2.43. The number of esters is 1. The number of furan rings is 1. The van der Waals surface area contributed by atoms with Crippen LogP contribution in [-0.4, -0.2) is 13.1 Å². The van der Waals surface area contributed by atoms with Crippen molar-refractivity contribution in [2.45, 2.75) is 6.54 Å². The lowest BCUT2D eigenvalue weighted by Crippen LogP contribution is -2.01. The third kappa shape index (κ3) is 3.35. The van der Waals surface area contributed by atoms with Crippen LogP contribution in [0, 0.1) is 5.82 Å². The second kappa shape index (κ2) is 5.88. The molecule has 1 aromatic carbocycles. The van der Waals surface area contributed by atoms with Crippen LogP contribution in [0.4, 0.5) is 10.1 Å². The average molecular weight is 328 g/mol. The number of hydrogen-bond acceptors (Lipinski definition) is 4. The summed E-state index contributed by atoms with van der Waals surface area (Å²) in [5.41, 5.74) is 0.360. The van der Waals surface area contributed by atoms with Gasteiger partial charge >= 0.3 is 5.97 Å². The van der Waals surface area contributed by atoms with Gasteiger partial charge in [0.2, 0.25) is 5.76 Å². The van der Waals surface area contributed by atoms with Gasteiger partial charge in [0.25, 0.3) is 0 Å². The van der Waals surface area contributed by atoms with E-state index in [4.69, 9.17) is 4.42 Å². The lowest BCUT2D eigenvalue weighted by atomic mass is 10.3. The molecule has 0 aliphatic rings. The number of carbonyl (C=O) groups is 1. The first-order chi connectivity index (χ1) is 9.10. The van der Waals surface area contributed by atoms with E-state index in [9.17, 15) is 9.18 Å². The molecule has 0 aliphatic carbocycles. The van der Waals surface area contributed by atoms with E-state index in [1.807, 2.05) is 0 Å². The molecule has 0 atom stereocenters. The lowest BCUT2D eigenvalue weighted by Gasteiger charge is -2.05. The Bertz CT molecular complexity index is 597. The number of anilines is 1. The van der Waals surface area contributed by atoms with Gasteiger partial charge in [0.05, 0.1) is 19.3 Å². The molecule has 0 aliphatic heterocycles. The molecule has 0 saturated heterocycles. The topological polar surface area (TPSA) is 51.5 Å². The molecule has 0 saturated carbocycles. The molecular formula is C13H11BrFNO3. The number of methoxy groups -OCH3 is 1. The number of rotatable bonds is 4. The first-order valence-electron chi connectivity index (χ1n) is 5.46. The van der Waals surface area contributed by atoms with Crippen LogP contribution in [0.2, 0.25) is 0 Å². The quantitative estimate of drug-likeness (QED) is 0.872. The Labute approximate surface area is 117 Å². The molecule has 6 heteroatoms. The average Bonchev–Trinajstić information content (AvgIpc) is 2.85. The molecule has 0 amide bonds. The first-order valence-corrected chi connectivity index (χ1v) is 6.25. The molecule has 1 aromatic heterocycles. The molecule has 0 fully saturated rings. The summed E-state index contributed by atoms with van der Waals surface area (Å²) < 4.78 is 24.0. The summed E-state index contributed by atoms with van der Waals surface area (Å²) in [6.07, 6.45) is 0. The van der Waals surface area contributed by atoms with Gasteiger partial charge in [-0.25, -0.2) is 9.18 Å². The highest BCUT2D eigenvalue weighted by Crippen LogP contribution is 2.20. The fourth-order valence-corrected chi connectivity index (χ4v) is 1.83. The molecule has 2 aromatic rings. The van der Waals surface area contributed by atoms with Crippen molar-refractivity contribution < 1.29 is 18.3 Å². The van der Waals surface area contributed by atoms with Gasteiger partial charge in [-0.05, 0) is 30.3 Å². The van der Waals surface area contributed by atoms with Crippen molar-refractivity contribution in [1.82, 2.24) is 0 Å². The number of nitrogens with one attached hydrogen (secondary N) is 1. The largest absolute Gasteiger partial charge is 0.463 e. The number of carbonyl (C=O) groups excluding carboxylic acids is 1. The Balaban J connectivity index is 2.02. The van der Waals surface area contributed by atoms with Crippen LogP contribution in [0.1, 0.15) is 16.3 Å². The Morgan fingerprint density at radius 3 is 2.89 bits per heavy atom. The number of halogens is 2. The fourth-order valence-electron chi connectivity index (χ4n) is 1.50. The minimum absolute atomic E-state index is 0.121. The van der Waals surface area contributed by atoms with E-state index in [2.05, 4.69) is 26.0 Å². The van der Waals surface area contributed by atoms with E-state index >= 15 is 0 Å². The van der Waals surface area contributed by atoms with Gasteiger partial charge < -0.3 is 14.5 Å². The van der Waals surface area contributed by atoms with Crippen LogP contribution < -0.4 is 5.32 Å². The third-order valence-corrected chi connectivity index (χ3v) is 2.93.